The quantitative estimate of drug-likeness (QED) is 0.806. The zero-order chi connectivity index (χ0) is 16.2. The average Bonchev–Trinajstić information content (AvgIpc) is 2.62. The second kappa shape index (κ2) is 5.27. The summed E-state index contributed by atoms with van der Waals surface area (Å²) in [5.41, 5.74) is 2.59. The fourth-order valence-electron chi connectivity index (χ4n) is 5.57. The standard InChI is InChI=1S/C20H27NO2/c1-13-16-6-4-5-9-20(16)11-14(12-21(13)2)10-15-7-8-17(23-3)19(22)18(15)20/h4,6-8,13-14,16,22H,5,9-12H2,1-3H3/t13-,14-,16+,20?/m1/s1. The highest BCUT2D eigenvalue weighted by atomic mass is 16.5. The molecular weight excluding hydrogens is 286 g/mol. The van der Waals surface area contributed by atoms with Gasteiger partial charge in [-0.2, -0.15) is 0 Å². The van der Waals surface area contributed by atoms with Gasteiger partial charge in [-0.05, 0) is 57.2 Å². The van der Waals surface area contributed by atoms with Crippen molar-refractivity contribution in [2.24, 2.45) is 11.8 Å². The van der Waals surface area contributed by atoms with Gasteiger partial charge in [0, 0.05) is 29.5 Å². The minimum atomic E-state index is 0.0653. The van der Waals surface area contributed by atoms with Crippen LogP contribution in [0.1, 0.15) is 37.3 Å². The van der Waals surface area contributed by atoms with Crippen molar-refractivity contribution in [1.82, 2.24) is 4.90 Å². The number of ether oxygens (including phenoxy) is 1. The number of methoxy groups -OCH3 is 1. The normalized spacial score (nSPS) is 36.0. The maximum Gasteiger partial charge on any atom is 0.161 e. The summed E-state index contributed by atoms with van der Waals surface area (Å²) in [6.07, 6.45) is 9.26. The average molecular weight is 313 g/mol. The summed E-state index contributed by atoms with van der Waals surface area (Å²) in [5.74, 6) is 2.15. The molecule has 3 aliphatic rings. The van der Waals surface area contributed by atoms with E-state index in [0.717, 1.165) is 25.8 Å². The fourth-order valence-corrected chi connectivity index (χ4v) is 5.57. The highest BCUT2D eigenvalue weighted by molar-refractivity contribution is 5.56. The van der Waals surface area contributed by atoms with E-state index < -0.39 is 0 Å². The number of hydrogen-bond acceptors (Lipinski definition) is 3. The summed E-state index contributed by atoms with van der Waals surface area (Å²) in [6.45, 7) is 3.50. The van der Waals surface area contributed by atoms with Gasteiger partial charge in [0.05, 0.1) is 7.11 Å². The van der Waals surface area contributed by atoms with Crippen LogP contribution in [0.2, 0.25) is 0 Å². The first kappa shape index (κ1) is 15.1. The van der Waals surface area contributed by atoms with E-state index in [2.05, 4.69) is 37.1 Å². The molecule has 3 nitrogen and oxygen atoms in total. The first-order valence-electron chi connectivity index (χ1n) is 8.83. The molecule has 1 aromatic carbocycles. The molecule has 0 aromatic heterocycles. The van der Waals surface area contributed by atoms with Crippen molar-refractivity contribution in [1.29, 1.82) is 0 Å². The van der Waals surface area contributed by atoms with Crippen molar-refractivity contribution in [3.8, 4) is 11.5 Å². The smallest absolute Gasteiger partial charge is 0.161 e. The van der Waals surface area contributed by atoms with Crippen molar-refractivity contribution in [2.45, 2.75) is 44.1 Å². The molecule has 1 heterocycles. The Labute approximate surface area is 139 Å². The van der Waals surface area contributed by atoms with Gasteiger partial charge in [-0.25, -0.2) is 0 Å². The third-order valence-corrected chi connectivity index (χ3v) is 6.61. The van der Waals surface area contributed by atoms with Crippen LogP contribution in [0.4, 0.5) is 0 Å². The second-order valence-corrected chi connectivity index (χ2v) is 7.75. The van der Waals surface area contributed by atoms with E-state index in [1.165, 1.54) is 17.5 Å². The van der Waals surface area contributed by atoms with Crippen LogP contribution in [-0.2, 0) is 11.8 Å². The molecule has 4 rings (SSSR count). The first-order chi connectivity index (χ1) is 11.1. The molecule has 124 valence electrons. The predicted octanol–water partition coefficient (Wildman–Crippen LogP) is 3.50. The third kappa shape index (κ3) is 2.06. The number of phenols is 1. The summed E-state index contributed by atoms with van der Waals surface area (Å²) in [5, 5.41) is 11.0. The van der Waals surface area contributed by atoms with Gasteiger partial charge in [0.2, 0.25) is 0 Å². The van der Waals surface area contributed by atoms with Gasteiger partial charge >= 0.3 is 0 Å². The van der Waals surface area contributed by atoms with Crippen molar-refractivity contribution in [3.63, 3.8) is 0 Å². The van der Waals surface area contributed by atoms with Crippen molar-refractivity contribution in [3.05, 3.63) is 35.4 Å². The number of aromatic hydroxyl groups is 1. The monoisotopic (exact) mass is 313 g/mol. The predicted molar refractivity (Wildman–Crippen MR) is 92.1 cm³/mol. The molecule has 2 bridgehead atoms. The molecule has 2 aliphatic carbocycles. The van der Waals surface area contributed by atoms with E-state index >= 15 is 0 Å². The Balaban J connectivity index is 1.97. The number of benzene rings is 1. The summed E-state index contributed by atoms with van der Waals surface area (Å²) in [4.78, 5) is 2.52. The largest absolute Gasteiger partial charge is 0.504 e. The van der Waals surface area contributed by atoms with Crippen molar-refractivity contribution >= 4 is 0 Å². The van der Waals surface area contributed by atoms with Crippen LogP contribution in [0.25, 0.3) is 0 Å². The van der Waals surface area contributed by atoms with Gasteiger partial charge in [-0.3, -0.25) is 0 Å². The number of allylic oxidation sites excluding steroid dienone is 1. The number of phenolic OH excluding ortho intramolecular Hbond substituents is 1. The van der Waals surface area contributed by atoms with Crippen LogP contribution in [-0.4, -0.2) is 36.8 Å². The van der Waals surface area contributed by atoms with Crippen LogP contribution < -0.4 is 4.74 Å². The Morgan fingerprint density at radius 3 is 2.96 bits per heavy atom. The number of hydrogen-bond donors (Lipinski definition) is 1. The minimum Gasteiger partial charge on any atom is -0.504 e. The number of nitrogens with zero attached hydrogens (tertiary/aromatic N) is 1. The lowest BCUT2D eigenvalue weighted by Crippen LogP contribution is -2.46. The van der Waals surface area contributed by atoms with E-state index in [9.17, 15) is 5.11 Å². The summed E-state index contributed by atoms with van der Waals surface area (Å²) >= 11 is 0. The number of likely N-dealkylation sites (tertiary alicyclic amines) is 1. The molecule has 1 saturated heterocycles. The maximum absolute atomic E-state index is 11.0. The highest BCUT2D eigenvalue weighted by Gasteiger charge is 2.52. The Hall–Kier alpha value is -1.48. The van der Waals surface area contributed by atoms with E-state index in [0.29, 0.717) is 29.4 Å². The van der Waals surface area contributed by atoms with Crippen LogP contribution in [0.15, 0.2) is 24.3 Å². The summed E-state index contributed by atoms with van der Waals surface area (Å²) < 4.78 is 5.43. The van der Waals surface area contributed by atoms with Gasteiger partial charge in [-0.15, -0.1) is 0 Å². The second-order valence-electron chi connectivity index (χ2n) is 7.75. The Kier molecular flexibility index (Phi) is 3.45. The molecule has 3 heteroatoms. The van der Waals surface area contributed by atoms with Gasteiger partial charge in [0.1, 0.15) is 0 Å². The minimum absolute atomic E-state index is 0.0653. The van der Waals surface area contributed by atoms with Crippen molar-refractivity contribution in [2.75, 3.05) is 20.7 Å². The summed E-state index contributed by atoms with van der Waals surface area (Å²) in [7, 11) is 3.90. The molecule has 1 fully saturated rings. The van der Waals surface area contributed by atoms with Gasteiger partial charge in [-0.1, -0.05) is 18.2 Å². The van der Waals surface area contributed by atoms with E-state index in [-0.39, 0.29) is 5.41 Å². The Bertz CT molecular complexity index is 653. The number of rotatable bonds is 1. The molecule has 1 N–H and O–H groups in total. The Morgan fingerprint density at radius 1 is 1.35 bits per heavy atom. The molecule has 0 radical (unpaired) electrons. The van der Waals surface area contributed by atoms with E-state index in [1.807, 2.05) is 6.07 Å². The van der Waals surface area contributed by atoms with Gasteiger partial charge < -0.3 is 14.7 Å². The van der Waals surface area contributed by atoms with E-state index in [1.54, 1.807) is 7.11 Å². The summed E-state index contributed by atoms with van der Waals surface area (Å²) in [6, 6.07) is 4.61. The topological polar surface area (TPSA) is 32.7 Å². The van der Waals surface area contributed by atoms with Gasteiger partial charge in [0.25, 0.3) is 0 Å². The first-order valence-corrected chi connectivity index (χ1v) is 8.83. The lowest BCUT2D eigenvalue weighted by molar-refractivity contribution is 0.169. The maximum atomic E-state index is 11.0. The SMILES string of the molecule is COc1ccc2c(c1O)C13CCC=C[C@H]1[C@@H](C)N(C)C[C@H](C2)C3. The zero-order valence-electron chi connectivity index (χ0n) is 14.4. The van der Waals surface area contributed by atoms with Crippen LogP contribution >= 0.6 is 0 Å². The fraction of sp³-hybridized carbons (Fsp3) is 0.600. The molecule has 1 unspecified atom stereocenters. The molecule has 1 spiro atoms. The molecule has 1 aromatic rings. The highest BCUT2D eigenvalue weighted by Crippen LogP contribution is 2.57. The van der Waals surface area contributed by atoms with Crippen molar-refractivity contribution < 1.29 is 9.84 Å². The molecule has 4 atom stereocenters. The van der Waals surface area contributed by atoms with E-state index in [4.69, 9.17) is 4.74 Å². The zero-order valence-corrected chi connectivity index (χ0v) is 14.4. The van der Waals surface area contributed by atoms with Crippen LogP contribution in [0.3, 0.4) is 0 Å². The lowest BCUT2D eigenvalue weighted by atomic mass is 9.56. The molecule has 23 heavy (non-hydrogen) atoms. The lowest BCUT2D eigenvalue weighted by Gasteiger charge is -2.48. The molecule has 0 saturated carbocycles. The van der Waals surface area contributed by atoms with Crippen LogP contribution in [0.5, 0.6) is 11.5 Å². The third-order valence-electron chi connectivity index (χ3n) is 6.61. The Morgan fingerprint density at radius 2 is 2.17 bits per heavy atom. The van der Waals surface area contributed by atoms with Gasteiger partial charge in [0.15, 0.2) is 11.5 Å². The number of fused-ring (bicyclic) bond motifs is 2. The molecular formula is C20H27NO2. The molecule has 1 aliphatic heterocycles. The molecule has 0 amide bonds. The van der Waals surface area contributed by atoms with Crippen LogP contribution in [0, 0.1) is 11.8 Å².